The zero-order valence-corrected chi connectivity index (χ0v) is 24.8. The van der Waals surface area contributed by atoms with Crippen LogP contribution in [0.4, 0.5) is 5.82 Å². The first-order valence-corrected chi connectivity index (χ1v) is 15.3. The molecule has 2 fully saturated rings. The lowest BCUT2D eigenvalue weighted by Gasteiger charge is -2.36. The lowest BCUT2D eigenvalue weighted by Crippen LogP contribution is -2.46. The summed E-state index contributed by atoms with van der Waals surface area (Å²) in [6, 6.07) is 20.7. The first-order chi connectivity index (χ1) is 19.3. The highest BCUT2D eigenvalue weighted by Crippen LogP contribution is 2.29. The summed E-state index contributed by atoms with van der Waals surface area (Å²) >= 11 is 1.65. The van der Waals surface area contributed by atoms with Crippen molar-refractivity contribution < 1.29 is 9.53 Å². The molecule has 0 saturated carbocycles. The number of thioether (sulfide) groups is 1. The first kappa shape index (κ1) is 28.6. The predicted octanol–water partition coefficient (Wildman–Crippen LogP) is 5.30. The van der Waals surface area contributed by atoms with E-state index in [1.54, 1.807) is 11.8 Å². The Morgan fingerprint density at radius 3 is 2.42 bits per heavy atom. The molecule has 8 heteroatoms. The number of carbonyl (C=O) groups excluding carboxylic acids is 1. The van der Waals surface area contributed by atoms with Crippen molar-refractivity contribution >= 4 is 23.5 Å². The Labute approximate surface area is 242 Å². The van der Waals surface area contributed by atoms with Crippen molar-refractivity contribution in [3.8, 4) is 0 Å². The van der Waals surface area contributed by atoms with Gasteiger partial charge >= 0.3 is 0 Å². The molecule has 1 unspecified atom stereocenters. The standard InChI is InChI=1S/C32H41N5O2S/c1-32(2,3)28-20-29(37-17-15-36(16-18-37)22-24-8-5-4-6-9-24)35-31(34-28)40-23-25-11-13-26(14-12-25)30(38)33-21-27-10-7-19-39-27/h4-6,8-9,11-14,20,27H,7,10,15-19,21-23H2,1-3H3,(H,33,38). The van der Waals surface area contributed by atoms with Gasteiger partial charge in [0.2, 0.25) is 0 Å². The Morgan fingerprint density at radius 2 is 1.75 bits per heavy atom. The highest BCUT2D eigenvalue weighted by Gasteiger charge is 2.23. The summed E-state index contributed by atoms with van der Waals surface area (Å²) in [5.41, 5.74) is 4.16. The molecule has 1 N–H and O–H groups in total. The summed E-state index contributed by atoms with van der Waals surface area (Å²) < 4.78 is 5.60. The van der Waals surface area contributed by atoms with Crippen LogP contribution in [-0.2, 0) is 22.4 Å². The summed E-state index contributed by atoms with van der Waals surface area (Å²) in [4.78, 5) is 27.4. The van der Waals surface area contributed by atoms with E-state index in [1.165, 1.54) is 5.56 Å². The molecule has 3 aromatic rings. The van der Waals surface area contributed by atoms with E-state index < -0.39 is 0 Å². The minimum absolute atomic E-state index is 0.0515. The van der Waals surface area contributed by atoms with Crippen LogP contribution in [0, 0.1) is 0 Å². The molecule has 212 valence electrons. The second kappa shape index (κ2) is 13.1. The van der Waals surface area contributed by atoms with Gasteiger partial charge in [-0.2, -0.15) is 0 Å². The summed E-state index contributed by atoms with van der Waals surface area (Å²) in [7, 11) is 0. The number of anilines is 1. The van der Waals surface area contributed by atoms with E-state index >= 15 is 0 Å². The Balaban J connectivity index is 1.19. The number of benzene rings is 2. The van der Waals surface area contributed by atoms with Crippen LogP contribution >= 0.6 is 11.8 Å². The molecule has 0 radical (unpaired) electrons. The molecule has 3 heterocycles. The minimum Gasteiger partial charge on any atom is -0.376 e. The molecule has 1 atom stereocenters. The van der Waals surface area contributed by atoms with Gasteiger partial charge in [0.05, 0.1) is 11.8 Å². The number of hydrogen-bond acceptors (Lipinski definition) is 7. The lowest BCUT2D eigenvalue weighted by molar-refractivity contribution is 0.0858. The third-order valence-corrected chi connectivity index (χ3v) is 8.42. The number of piperazine rings is 1. The number of hydrogen-bond donors (Lipinski definition) is 1. The lowest BCUT2D eigenvalue weighted by atomic mass is 9.92. The van der Waals surface area contributed by atoms with Crippen LogP contribution in [0.5, 0.6) is 0 Å². The number of aromatic nitrogens is 2. The maximum Gasteiger partial charge on any atom is 0.251 e. The van der Waals surface area contributed by atoms with E-state index in [2.05, 4.69) is 72.3 Å². The van der Waals surface area contributed by atoms with Crippen molar-refractivity contribution in [2.24, 2.45) is 0 Å². The van der Waals surface area contributed by atoms with Gasteiger partial charge in [0, 0.05) is 68.7 Å². The first-order valence-electron chi connectivity index (χ1n) is 14.4. The van der Waals surface area contributed by atoms with Gasteiger partial charge in [0.1, 0.15) is 5.82 Å². The molecule has 2 aromatic carbocycles. The number of nitrogens with zero attached hydrogens (tertiary/aromatic N) is 4. The Kier molecular flexibility index (Phi) is 9.40. The zero-order chi connectivity index (χ0) is 28.0. The van der Waals surface area contributed by atoms with Crippen LogP contribution in [0.2, 0.25) is 0 Å². The number of ether oxygens (including phenoxy) is 1. The normalized spacial score (nSPS) is 18.2. The van der Waals surface area contributed by atoms with Crippen molar-refractivity contribution in [3.63, 3.8) is 0 Å². The highest BCUT2D eigenvalue weighted by atomic mass is 32.2. The second-order valence-corrected chi connectivity index (χ2v) is 12.7. The summed E-state index contributed by atoms with van der Waals surface area (Å²) in [5.74, 6) is 1.71. The molecule has 2 aliphatic rings. The van der Waals surface area contributed by atoms with Crippen LogP contribution in [0.15, 0.2) is 65.8 Å². The SMILES string of the molecule is CC(C)(C)c1cc(N2CCN(Cc3ccccc3)CC2)nc(SCc2ccc(C(=O)NCC3CCCO3)cc2)n1. The van der Waals surface area contributed by atoms with Crippen LogP contribution in [-0.4, -0.2) is 66.2 Å². The quantitative estimate of drug-likeness (QED) is 0.282. The Morgan fingerprint density at radius 1 is 1.00 bits per heavy atom. The topological polar surface area (TPSA) is 70.6 Å². The van der Waals surface area contributed by atoms with Gasteiger partial charge in [-0.25, -0.2) is 9.97 Å². The van der Waals surface area contributed by atoms with Gasteiger partial charge in [-0.15, -0.1) is 0 Å². The molecule has 7 nitrogen and oxygen atoms in total. The van der Waals surface area contributed by atoms with Gasteiger partial charge in [-0.1, -0.05) is 75.0 Å². The maximum absolute atomic E-state index is 12.5. The monoisotopic (exact) mass is 559 g/mol. The molecular weight excluding hydrogens is 518 g/mol. The molecule has 1 aromatic heterocycles. The fourth-order valence-corrected chi connectivity index (χ4v) is 5.82. The van der Waals surface area contributed by atoms with Crippen molar-refractivity contribution in [3.05, 3.63) is 83.0 Å². The molecule has 0 spiro atoms. The van der Waals surface area contributed by atoms with E-state index in [4.69, 9.17) is 14.7 Å². The van der Waals surface area contributed by atoms with E-state index in [1.807, 2.05) is 24.3 Å². The van der Waals surface area contributed by atoms with Crippen LogP contribution in [0.1, 0.15) is 60.8 Å². The average molecular weight is 560 g/mol. The van der Waals surface area contributed by atoms with Gasteiger partial charge in [0.15, 0.2) is 5.16 Å². The van der Waals surface area contributed by atoms with E-state index in [0.29, 0.717) is 12.1 Å². The molecule has 1 amide bonds. The van der Waals surface area contributed by atoms with E-state index in [9.17, 15) is 4.79 Å². The third kappa shape index (κ3) is 7.83. The van der Waals surface area contributed by atoms with Gasteiger partial charge in [-0.05, 0) is 36.1 Å². The van der Waals surface area contributed by atoms with Gasteiger partial charge in [0.25, 0.3) is 5.91 Å². The smallest absolute Gasteiger partial charge is 0.251 e. The largest absolute Gasteiger partial charge is 0.376 e. The van der Waals surface area contributed by atoms with Gasteiger partial charge in [-0.3, -0.25) is 9.69 Å². The molecule has 5 rings (SSSR count). The van der Waals surface area contributed by atoms with Crippen LogP contribution in [0.3, 0.4) is 0 Å². The van der Waals surface area contributed by atoms with E-state index in [-0.39, 0.29) is 17.4 Å². The minimum atomic E-state index is -0.0688. The molecule has 2 saturated heterocycles. The summed E-state index contributed by atoms with van der Waals surface area (Å²) in [6.45, 7) is 12.9. The second-order valence-electron chi connectivity index (χ2n) is 11.7. The molecule has 0 aliphatic carbocycles. The molecular formula is C32H41N5O2S. The van der Waals surface area contributed by atoms with Crippen LogP contribution < -0.4 is 10.2 Å². The predicted molar refractivity (Wildman–Crippen MR) is 162 cm³/mol. The Bertz CT molecular complexity index is 1250. The van der Waals surface area contributed by atoms with Crippen LogP contribution in [0.25, 0.3) is 0 Å². The molecule has 0 bridgehead atoms. The number of amides is 1. The molecule has 40 heavy (non-hydrogen) atoms. The van der Waals surface area contributed by atoms with Crippen molar-refractivity contribution in [2.45, 2.75) is 62.6 Å². The maximum atomic E-state index is 12.5. The molecule has 2 aliphatic heterocycles. The zero-order valence-electron chi connectivity index (χ0n) is 23.9. The summed E-state index contributed by atoms with van der Waals surface area (Å²) in [5, 5.41) is 3.79. The van der Waals surface area contributed by atoms with Gasteiger partial charge < -0.3 is 15.0 Å². The number of nitrogens with one attached hydrogen (secondary N) is 1. The van der Waals surface area contributed by atoms with Crippen molar-refractivity contribution in [1.29, 1.82) is 0 Å². The van der Waals surface area contributed by atoms with Crippen molar-refractivity contribution in [2.75, 3.05) is 44.2 Å². The fourth-order valence-electron chi connectivity index (χ4n) is 5.01. The summed E-state index contributed by atoms with van der Waals surface area (Å²) in [6.07, 6.45) is 2.23. The van der Waals surface area contributed by atoms with Crippen molar-refractivity contribution in [1.82, 2.24) is 20.2 Å². The fraction of sp³-hybridized carbons (Fsp3) is 0.469. The third-order valence-electron chi connectivity index (χ3n) is 7.50. The van der Waals surface area contributed by atoms with E-state index in [0.717, 1.165) is 80.2 Å². The highest BCUT2D eigenvalue weighted by molar-refractivity contribution is 7.98. The number of carbonyl (C=O) groups is 1. The number of rotatable bonds is 9. The Hall–Kier alpha value is -2.94. The average Bonchev–Trinajstić information content (AvgIpc) is 3.49.